The second-order valence-corrected chi connectivity index (χ2v) is 5.78. The van der Waals surface area contributed by atoms with E-state index in [9.17, 15) is 4.79 Å². The predicted octanol–water partition coefficient (Wildman–Crippen LogP) is 3.34. The summed E-state index contributed by atoms with van der Waals surface area (Å²) >= 11 is 2.34. The second kappa shape index (κ2) is 9.22. The molecule has 0 atom stereocenters. The summed E-state index contributed by atoms with van der Waals surface area (Å²) in [6.45, 7) is 7.24. The van der Waals surface area contributed by atoms with Crippen molar-refractivity contribution in [2.75, 3.05) is 17.6 Å². The van der Waals surface area contributed by atoms with Crippen molar-refractivity contribution < 1.29 is 14.3 Å². The van der Waals surface area contributed by atoms with Crippen LogP contribution >= 0.6 is 22.6 Å². The Morgan fingerprint density at radius 2 is 1.75 bits per heavy atom. The third kappa shape index (κ3) is 12.2. The molecule has 0 bridgehead atoms. The lowest BCUT2D eigenvalue weighted by Crippen LogP contribution is -2.23. The Labute approximate surface area is 112 Å². The molecule has 0 aliphatic rings. The van der Waals surface area contributed by atoms with Crippen LogP contribution in [0.3, 0.4) is 0 Å². The summed E-state index contributed by atoms with van der Waals surface area (Å²) in [7, 11) is 0. The smallest absolute Gasteiger partial charge is 0.306 e. The monoisotopic (exact) mass is 342 g/mol. The highest BCUT2D eigenvalue weighted by molar-refractivity contribution is 14.1. The van der Waals surface area contributed by atoms with E-state index in [1.165, 1.54) is 0 Å². The lowest BCUT2D eigenvalue weighted by atomic mass is 10.2. The fourth-order valence-corrected chi connectivity index (χ4v) is 1.44. The molecule has 0 N–H and O–H groups in total. The molecule has 0 aromatic rings. The van der Waals surface area contributed by atoms with Crippen LogP contribution in [0.25, 0.3) is 0 Å². The van der Waals surface area contributed by atoms with Crippen molar-refractivity contribution in [3.63, 3.8) is 0 Å². The molecular weight excluding hydrogens is 319 g/mol. The van der Waals surface area contributed by atoms with Gasteiger partial charge in [0.2, 0.25) is 0 Å². The number of halogens is 1. The lowest BCUT2D eigenvalue weighted by Gasteiger charge is -2.19. The fraction of sp³-hybridized carbons (Fsp3) is 0.917. The van der Waals surface area contributed by atoms with E-state index in [4.69, 9.17) is 9.47 Å². The Hall–Kier alpha value is 0.160. The largest absolute Gasteiger partial charge is 0.460 e. The number of hydrogen-bond donors (Lipinski definition) is 0. The third-order valence-corrected chi connectivity index (χ3v) is 2.52. The van der Waals surface area contributed by atoms with Gasteiger partial charge in [-0.15, -0.1) is 0 Å². The highest BCUT2D eigenvalue weighted by Gasteiger charge is 2.15. The minimum atomic E-state index is -0.367. The number of rotatable bonds is 8. The fourth-order valence-electron chi connectivity index (χ4n) is 1.12. The number of carbonyl (C=O) groups excluding carboxylic acids is 1. The van der Waals surface area contributed by atoms with Gasteiger partial charge in [-0.25, -0.2) is 0 Å². The second-order valence-electron chi connectivity index (χ2n) is 4.70. The van der Waals surface area contributed by atoms with Gasteiger partial charge in [0.1, 0.15) is 5.60 Å². The zero-order chi connectivity index (χ0) is 12.4. The van der Waals surface area contributed by atoms with Gasteiger partial charge >= 0.3 is 5.97 Å². The van der Waals surface area contributed by atoms with E-state index in [1.54, 1.807) is 0 Å². The van der Waals surface area contributed by atoms with Crippen LogP contribution < -0.4 is 0 Å². The van der Waals surface area contributed by atoms with E-state index in [1.807, 2.05) is 20.8 Å². The van der Waals surface area contributed by atoms with Gasteiger partial charge in [0.05, 0.1) is 0 Å². The van der Waals surface area contributed by atoms with Crippen molar-refractivity contribution >= 4 is 28.6 Å². The van der Waals surface area contributed by atoms with Gasteiger partial charge in [0, 0.05) is 24.1 Å². The average Bonchev–Trinajstić information content (AvgIpc) is 2.13. The summed E-state index contributed by atoms with van der Waals surface area (Å²) in [6.07, 6.45) is 3.37. The van der Waals surface area contributed by atoms with Crippen molar-refractivity contribution in [2.24, 2.45) is 0 Å². The first-order chi connectivity index (χ1) is 7.45. The highest BCUT2D eigenvalue weighted by atomic mass is 127. The summed E-state index contributed by atoms with van der Waals surface area (Å²) in [6, 6.07) is 0. The number of ether oxygens (including phenoxy) is 2. The number of hydrogen-bond acceptors (Lipinski definition) is 3. The molecule has 0 spiro atoms. The summed E-state index contributed by atoms with van der Waals surface area (Å²) < 4.78 is 11.7. The van der Waals surface area contributed by atoms with Gasteiger partial charge in [-0.05, 0) is 40.0 Å². The third-order valence-electron chi connectivity index (χ3n) is 1.76. The van der Waals surface area contributed by atoms with Crippen LogP contribution in [0.4, 0.5) is 0 Å². The number of carbonyl (C=O) groups is 1. The molecule has 0 saturated carbocycles. The minimum Gasteiger partial charge on any atom is -0.460 e. The van der Waals surface area contributed by atoms with E-state index in [2.05, 4.69) is 22.6 Å². The molecule has 3 nitrogen and oxygen atoms in total. The van der Waals surface area contributed by atoms with Gasteiger partial charge in [-0.2, -0.15) is 0 Å². The van der Waals surface area contributed by atoms with E-state index < -0.39 is 0 Å². The van der Waals surface area contributed by atoms with Crippen molar-refractivity contribution in [2.45, 2.75) is 52.1 Å². The van der Waals surface area contributed by atoms with Gasteiger partial charge in [0.25, 0.3) is 0 Å². The molecule has 0 rings (SSSR count). The minimum absolute atomic E-state index is 0.111. The Bertz CT molecular complexity index is 187. The normalized spacial score (nSPS) is 11.5. The molecule has 0 unspecified atom stereocenters. The molecule has 0 aromatic heterocycles. The molecule has 0 fully saturated rings. The van der Waals surface area contributed by atoms with Crippen molar-refractivity contribution in [3.05, 3.63) is 0 Å². The van der Waals surface area contributed by atoms with Crippen LogP contribution in [-0.2, 0) is 14.3 Å². The van der Waals surface area contributed by atoms with E-state index in [0.29, 0.717) is 6.42 Å². The van der Waals surface area contributed by atoms with Crippen LogP contribution in [0.1, 0.15) is 46.5 Å². The highest BCUT2D eigenvalue weighted by Crippen LogP contribution is 2.09. The Morgan fingerprint density at radius 3 is 2.31 bits per heavy atom. The molecule has 0 aliphatic heterocycles. The van der Waals surface area contributed by atoms with E-state index >= 15 is 0 Å². The van der Waals surface area contributed by atoms with Crippen LogP contribution in [0, 0.1) is 0 Å². The molecule has 96 valence electrons. The lowest BCUT2D eigenvalue weighted by molar-refractivity contribution is -0.154. The molecule has 0 saturated heterocycles. The van der Waals surface area contributed by atoms with Gasteiger partial charge in [-0.3, -0.25) is 4.79 Å². The average molecular weight is 342 g/mol. The van der Waals surface area contributed by atoms with Gasteiger partial charge in [-0.1, -0.05) is 22.6 Å². The molecule has 16 heavy (non-hydrogen) atoms. The Morgan fingerprint density at radius 1 is 1.12 bits per heavy atom. The van der Waals surface area contributed by atoms with Crippen LogP contribution in [0.15, 0.2) is 0 Å². The standard InChI is InChI=1S/C12H23IO3/c1-12(2,3)16-11(14)7-4-5-9-15-10-6-8-13/h4-10H2,1-3H3. The molecular formula is C12H23IO3. The quantitative estimate of drug-likeness (QED) is 0.294. The number of alkyl halides is 1. The summed E-state index contributed by atoms with van der Waals surface area (Å²) in [4.78, 5) is 11.3. The van der Waals surface area contributed by atoms with Gasteiger partial charge in [0.15, 0.2) is 0 Å². The molecule has 0 aromatic carbocycles. The summed E-state index contributed by atoms with van der Waals surface area (Å²) in [5.74, 6) is -0.111. The molecule has 0 aliphatic carbocycles. The molecule has 0 amide bonds. The van der Waals surface area contributed by atoms with Gasteiger partial charge < -0.3 is 9.47 Å². The van der Waals surface area contributed by atoms with Crippen LogP contribution in [0.5, 0.6) is 0 Å². The van der Waals surface area contributed by atoms with Crippen molar-refractivity contribution in [1.29, 1.82) is 0 Å². The maximum atomic E-state index is 11.3. The first-order valence-corrected chi connectivity index (χ1v) is 7.34. The van der Waals surface area contributed by atoms with Crippen molar-refractivity contribution in [3.8, 4) is 0 Å². The summed E-state index contributed by atoms with van der Waals surface area (Å²) in [5.41, 5.74) is -0.367. The van der Waals surface area contributed by atoms with E-state index in [-0.39, 0.29) is 11.6 Å². The first kappa shape index (κ1) is 16.2. The molecule has 0 heterocycles. The topological polar surface area (TPSA) is 35.5 Å². The summed E-state index contributed by atoms with van der Waals surface area (Å²) in [5, 5.41) is 0. The van der Waals surface area contributed by atoms with Crippen LogP contribution in [-0.4, -0.2) is 29.2 Å². The Balaban J connectivity index is 3.28. The van der Waals surface area contributed by atoms with Crippen LogP contribution in [0.2, 0.25) is 0 Å². The van der Waals surface area contributed by atoms with E-state index in [0.717, 1.165) is 36.9 Å². The predicted molar refractivity (Wildman–Crippen MR) is 74.0 cm³/mol. The Kier molecular flexibility index (Phi) is 9.31. The number of esters is 1. The zero-order valence-electron chi connectivity index (χ0n) is 10.6. The zero-order valence-corrected chi connectivity index (χ0v) is 12.7. The molecule has 4 heteroatoms. The molecule has 0 radical (unpaired) electrons. The SMILES string of the molecule is CC(C)(C)OC(=O)CCCCOCCCI. The maximum absolute atomic E-state index is 11.3. The van der Waals surface area contributed by atoms with Crippen molar-refractivity contribution in [1.82, 2.24) is 0 Å². The first-order valence-electron chi connectivity index (χ1n) is 5.81. The number of unbranched alkanes of at least 4 members (excludes halogenated alkanes) is 1. The maximum Gasteiger partial charge on any atom is 0.306 e.